The van der Waals surface area contributed by atoms with Crippen molar-refractivity contribution in [3.8, 4) is 0 Å². The van der Waals surface area contributed by atoms with Gasteiger partial charge < -0.3 is 5.32 Å². The molecular formula is C10H10BrNOS. The SMILES string of the molecule is C=CCNC(=O)c1cc(S)ccc1Br. The number of nitrogens with one attached hydrogen (secondary N) is 1. The molecule has 1 amide bonds. The maximum Gasteiger partial charge on any atom is 0.252 e. The predicted octanol–water partition coefficient (Wildman–Crippen LogP) is 2.65. The van der Waals surface area contributed by atoms with Gasteiger partial charge in [-0.3, -0.25) is 4.79 Å². The van der Waals surface area contributed by atoms with Crippen molar-refractivity contribution in [3.63, 3.8) is 0 Å². The van der Waals surface area contributed by atoms with Crippen molar-refractivity contribution in [2.45, 2.75) is 4.90 Å². The monoisotopic (exact) mass is 271 g/mol. The fourth-order valence-corrected chi connectivity index (χ4v) is 1.58. The molecule has 0 atom stereocenters. The average molecular weight is 272 g/mol. The number of carbonyl (C=O) groups is 1. The van der Waals surface area contributed by atoms with Crippen molar-refractivity contribution in [2.75, 3.05) is 6.54 Å². The molecule has 1 aromatic carbocycles. The van der Waals surface area contributed by atoms with Gasteiger partial charge in [-0.2, -0.15) is 0 Å². The van der Waals surface area contributed by atoms with Crippen molar-refractivity contribution in [3.05, 3.63) is 40.9 Å². The second-order valence-corrected chi connectivity index (χ2v) is 4.03. The molecule has 0 radical (unpaired) electrons. The highest BCUT2D eigenvalue weighted by molar-refractivity contribution is 9.10. The van der Waals surface area contributed by atoms with Gasteiger partial charge in [0.1, 0.15) is 0 Å². The van der Waals surface area contributed by atoms with Crippen LogP contribution in [0.1, 0.15) is 10.4 Å². The Hall–Kier alpha value is -0.740. The first-order chi connectivity index (χ1) is 6.65. The van der Waals surface area contributed by atoms with Gasteiger partial charge in [-0.1, -0.05) is 6.08 Å². The molecule has 0 aromatic heterocycles. The van der Waals surface area contributed by atoms with Gasteiger partial charge >= 0.3 is 0 Å². The van der Waals surface area contributed by atoms with Crippen LogP contribution in [0.3, 0.4) is 0 Å². The third kappa shape index (κ3) is 2.89. The third-order valence-electron chi connectivity index (χ3n) is 1.60. The highest BCUT2D eigenvalue weighted by atomic mass is 79.9. The molecule has 0 saturated carbocycles. The molecule has 0 bridgehead atoms. The molecule has 0 fully saturated rings. The molecule has 0 unspecified atom stereocenters. The quantitative estimate of drug-likeness (QED) is 0.643. The minimum Gasteiger partial charge on any atom is -0.349 e. The van der Waals surface area contributed by atoms with Crippen LogP contribution in [0, 0.1) is 0 Å². The van der Waals surface area contributed by atoms with Crippen LogP contribution in [-0.2, 0) is 0 Å². The molecule has 0 heterocycles. The molecule has 2 nitrogen and oxygen atoms in total. The zero-order valence-corrected chi connectivity index (χ0v) is 9.94. The molecule has 1 N–H and O–H groups in total. The van der Waals surface area contributed by atoms with E-state index in [-0.39, 0.29) is 5.91 Å². The summed E-state index contributed by atoms with van der Waals surface area (Å²) in [6.45, 7) is 3.99. The molecule has 74 valence electrons. The largest absolute Gasteiger partial charge is 0.349 e. The summed E-state index contributed by atoms with van der Waals surface area (Å²) in [6.07, 6.45) is 1.64. The van der Waals surface area contributed by atoms with E-state index in [4.69, 9.17) is 0 Å². The second-order valence-electron chi connectivity index (χ2n) is 2.66. The van der Waals surface area contributed by atoms with E-state index in [0.717, 1.165) is 9.37 Å². The van der Waals surface area contributed by atoms with Crippen LogP contribution in [0.15, 0.2) is 40.2 Å². The van der Waals surface area contributed by atoms with E-state index < -0.39 is 0 Å². The van der Waals surface area contributed by atoms with E-state index in [9.17, 15) is 4.79 Å². The summed E-state index contributed by atoms with van der Waals surface area (Å²) in [7, 11) is 0. The summed E-state index contributed by atoms with van der Waals surface area (Å²) in [6, 6.07) is 5.33. The number of hydrogen-bond donors (Lipinski definition) is 2. The van der Waals surface area contributed by atoms with Crippen molar-refractivity contribution in [1.82, 2.24) is 5.32 Å². The van der Waals surface area contributed by atoms with Gasteiger partial charge in [0.15, 0.2) is 0 Å². The van der Waals surface area contributed by atoms with Crippen LogP contribution in [0.4, 0.5) is 0 Å². The van der Waals surface area contributed by atoms with Gasteiger partial charge in [-0.05, 0) is 34.1 Å². The first-order valence-electron chi connectivity index (χ1n) is 4.02. The fourth-order valence-electron chi connectivity index (χ4n) is 0.947. The maximum atomic E-state index is 11.6. The molecule has 0 aliphatic heterocycles. The summed E-state index contributed by atoms with van der Waals surface area (Å²) in [5, 5.41) is 2.70. The Morgan fingerprint density at radius 3 is 3.00 bits per heavy atom. The molecular weight excluding hydrogens is 262 g/mol. The average Bonchev–Trinajstić information content (AvgIpc) is 2.18. The molecule has 4 heteroatoms. The summed E-state index contributed by atoms with van der Waals surface area (Å²) in [5.74, 6) is -0.132. The number of thiol groups is 1. The zero-order chi connectivity index (χ0) is 10.6. The lowest BCUT2D eigenvalue weighted by Crippen LogP contribution is -2.23. The third-order valence-corrected chi connectivity index (χ3v) is 2.57. The van der Waals surface area contributed by atoms with Gasteiger partial charge in [0.2, 0.25) is 0 Å². The highest BCUT2D eigenvalue weighted by Gasteiger charge is 2.08. The van der Waals surface area contributed by atoms with E-state index in [1.165, 1.54) is 0 Å². The van der Waals surface area contributed by atoms with Crippen molar-refractivity contribution in [1.29, 1.82) is 0 Å². The van der Waals surface area contributed by atoms with Crippen LogP contribution < -0.4 is 5.32 Å². The second kappa shape index (κ2) is 5.22. The smallest absolute Gasteiger partial charge is 0.252 e. The number of halogens is 1. The van der Waals surface area contributed by atoms with E-state index in [2.05, 4.69) is 40.5 Å². The number of benzene rings is 1. The van der Waals surface area contributed by atoms with E-state index in [1.54, 1.807) is 18.2 Å². The fraction of sp³-hybridized carbons (Fsp3) is 0.100. The first-order valence-corrected chi connectivity index (χ1v) is 5.27. The molecule has 1 aromatic rings. The van der Waals surface area contributed by atoms with Crippen LogP contribution >= 0.6 is 28.6 Å². The number of amides is 1. The van der Waals surface area contributed by atoms with Crippen molar-refractivity contribution >= 4 is 34.5 Å². The number of rotatable bonds is 3. The number of carbonyl (C=O) groups excluding carboxylic acids is 1. The Labute approximate surface area is 96.9 Å². The zero-order valence-electron chi connectivity index (χ0n) is 7.46. The Morgan fingerprint density at radius 2 is 2.36 bits per heavy atom. The van der Waals surface area contributed by atoms with Crippen LogP contribution in [-0.4, -0.2) is 12.5 Å². The van der Waals surface area contributed by atoms with Crippen LogP contribution in [0.2, 0.25) is 0 Å². The van der Waals surface area contributed by atoms with Gasteiger partial charge in [-0.25, -0.2) is 0 Å². The van der Waals surface area contributed by atoms with E-state index in [0.29, 0.717) is 12.1 Å². The molecule has 0 saturated heterocycles. The minimum absolute atomic E-state index is 0.132. The molecule has 0 spiro atoms. The summed E-state index contributed by atoms with van der Waals surface area (Å²) >= 11 is 7.47. The highest BCUT2D eigenvalue weighted by Crippen LogP contribution is 2.19. The summed E-state index contributed by atoms with van der Waals surface area (Å²) in [5.41, 5.74) is 0.583. The summed E-state index contributed by atoms with van der Waals surface area (Å²) < 4.78 is 0.761. The minimum atomic E-state index is -0.132. The molecule has 14 heavy (non-hydrogen) atoms. The molecule has 0 aliphatic carbocycles. The number of hydrogen-bond acceptors (Lipinski definition) is 2. The van der Waals surface area contributed by atoms with E-state index >= 15 is 0 Å². The van der Waals surface area contributed by atoms with Gasteiger partial charge in [0, 0.05) is 15.9 Å². The summed E-state index contributed by atoms with van der Waals surface area (Å²) in [4.78, 5) is 12.3. The first kappa shape index (κ1) is 11.3. The van der Waals surface area contributed by atoms with Crippen LogP contribution in [0.5, 0.6) is 0 Å². The lowest BCUT2D eigenvalue weighted by molar-refractivity contribution is 0.0957. The standard InChI is InChI=1S/C10H10BrNOS/c1-2-5-12-10(13)8-6-7(14)3-4-9(8)11/h2-4,6,14H,1,5H2,(H,12,13). The Bertz CT molecular complexity index is 365. The van der Waals surface area contributed by atoms with Crippen molar-refractivity contribution < 1.29 is 4.79 Å². The Balaban J connectivity index is 2.88. The maximum absolute atomic E-state index is 11.6. The van der Waals surface area contributed by atoms with Crippen molar-refractivity contribution in [2.24, 2.45) is 0 Å². The Morgan fingerprint density at radius 1 is 1.64 bits per heavy atom. The Kier molecular flexibility index (Phi) is 4.22. The lowest BCUT2D eigenvalue weighted by atomic mass is 10.2. The lowest BCUT2D eigenvalue weighted by Gasteiger charge is -2.05. The van der Waals surface area contributed by atoms with Crippen LogP contribution in [0.25, 0.3) is 0 Å². The van der Waals surface area contributed by atoms with Gasteiger partial charge in [-0.15, -0.1) is 19.2 Å². The topological polar surface area (TPSA) is 29.1 Å². The van der Waals surface area contributed by atoms with Gasteiger partial charge in [0.25, 0.3) is 5.91 Å². The predicted molar refractivity (Wildman–Crippen MR) is 63.9 cm³/mol. The van der Waals surface area contributed by atoms with E-state index in [1.807, 2.05) is 6.07 Å². The molecule has 1 rings (SSSR count). The normalized spacial score (nSPS) is 9.57. The van der Waals surface area contributed by atoms with Gasteiger partial charge in [0.05, 0.1) is 5.56 Å². The molecule has 0 aliphatic rings.